The van der Waals surface area contributed by atoms with E-state index in [0.717, 1.165) is 18.4 Å². The molecule has 0 saturated heterocycles. The zero-order valence-corrected chi connectivity index (χ0v) is 24.5. The van der Waals surface area contributed by atoms with Crippen LogP contribution in [-0.4, -0.2) is 43.7 Å². The minimum absolute atomic E-state index is 0.0575. The van der Waals surface area contributed by atoms with Gasteiger partial charge in [0, 0.05) is 0 Å². The van der Waals surface area contributed by atoms with E-state index < -0.39 is 39.8 Å². The molecule has 6 atom stereocenters. The van der Waals surface area contributed by atoms with Gasteiger partial charge >= 0.3 is 5.97 Å². The minimum Gasteiger partial charge on any atom is -0.481 e. The third-order valence-corrected chi connectivity index (χ3v) is 11.3. The van der Waals surface area contributed by atoms with Gasteiger partial charge in [-0.05, 0) is 121 Å². The predicted octanol–water partition coefficient (Wildman–Crippen LogP) is 5.91. The lowest BCUT2D eigenvalue weighted by molar-refractivity contribution is -0.294. The summed E-state index contributed by atoms with van der Waals surface area (Å²) in [5, 5.41) is 35.2. The average Bonchev–Trinajstić information content (AvgIpc) is 2.96. The molecule has 1 aliphatic heterocycles. The average molecular weight is 526 g/mol. The van der Waals surface area contributed by atoms with Crippen molar-refractivity contribution in [3.63, 3.8) is 0 Å². The monoisotopic (exact) mass is 525 g/mol. The fourth-order valence-corrected chi connectivity index (χ4v) is 8.92. The van der Waals surface area contributed by atoms with Crippen molar-refractivity contribution in [2.75, 3.05) is 0 Å². The molecule has 1 heterocycles. The van der Waals surface area contributed by atoms with Crippen LogP contribution in [0.15, 0.2) is 35.9 Å². The predicted molar refractivity (Wildman–Crippen MR) is 147 cm³/mol. The molecule has 0 spiro atoms. The number of fused-ring (bicyclic) bond motifs is 4. The SMILES string of the molecule is CC1(C)c2ccccc2C(C)(C)N1O[C@@H]1C[C@@H]2[C@](C)(CCC[C@@]2(C)C(=O)O)[C@H]2CC[C@](O)(C(C)(C)O)C=C12. The molecule has 6 nitrogen and oxygen atoms in total. The van der Waals surface area contributed by atoms with Crippen LogP contribution in [0.1, 0.15) is 105 Å². The Hall–Kier alpha value is -1.73. The fraction of sp³-hybridized carbons (Fsp3) is 0.719. The van der Waals surface area contributed by atoms with Gasteiger partial charge in [0.2, 0.25) is 0 Å². The summed E-state index contributed by atoms with van der Waals surface area (Å²) in [6.45, 7) is 16.2. The molecule has 0 bridgehead atoms. The summed E-state index contributed by atoms with van der Waals surface area (Å²) >= 11 is 0. The zero-order valence-electron chi connectivity index (χ0n) is 24.5. The van der Waals surface area contributed by atoms with Gasteiger partial charge in [-0.25, -0.2) is 0 Å². The summed E-state index contributed by atoms with van der Waals surface area (Å²) in [6, 6.07) is 8.46. The number of hydroxylamine groups is 2. The Morgan fingerprint density at radius 3 is 2.11 bits per heavy atom. The Bertz CT molecular complexity index is 1130. The highest BCUT2D eigenvalue weighted by molar-refractivity contribution is 5.75. The lowest BCUT2D eigenvalue weighted by atomic mass is 9.44. The summed E-state index contributed by atoms with van der Waals surface area (Å²) in [5.74, 6) is -0.695. The molecule has 1 aromatic rings. The third-order valence-electron chi connectivity index (χ3n) is 11.3. The molecular formula is C32H47NO5. The maximum absolute atomic E-state index is 12.7. The first-order chi connectivity index (χ1) is 17.4. The van der Waals surface area contributed by atoms with Gasteiger partial charge in [0.15, 0.2) is 0 Å². The van der Waals surface area contributed by atoms with Gasteiger partial charge in [-0.1, -0.05) is 37.6 Å². The molecule has 2 saturated carbocycles. The minimum atomic E-state index is -1.37. The van der Waals surface area contributed by atoms with Crippen LogP contribution in [0, 0.1) is 22.7 Å². The smallest absolute Gasteiger partial charge is 0.309 e. The molecular weight excluding hydrogens is 478 g/mol. The number of carboxylic acid groups (broad SMARTS) is 1. The Balaban J connectivity index is 1.63. The summed E-state index contributed by atoms with van der Waals surface area (Å²) < 4.78 is 0. The van der Waals surface area contributed by atoms with Crippen LogP contribution in [0.3, 0.4) is 0 Å². The molecule has 38 heavy (non-hydrogen) atoms. The van der Waals surface area contributed by atoms with Crippen LogP contribution in [-0.2, 0) is 20.7 Å². The fourth-order valence-electron chi connectivity index (χ4n) is 8.92. The van der Waals surface area contributed by atoms with E-state index in [1.165, 1.54) is 11.1 Å². The number of benzene rings is 1. The first kappa shape index (κ1) is 27.8. The Morgan fingerprint density at radius 1 is 1.00 bits per heavy atom. The van der Waals surface area contributed by atoms with Crippen LogP contribution in [0.5, 0.6) is 0 Å². The van der Waals surface area contributed by atoms with Crippen molar-refractivity contribution in [3.05, 3.63) is 47.0 Å². The lowest BCUT2D eigenvalue weighted by Gasteiger charge is -2.61. The summed E-state index contributed by atoms with van der Waals surface area (Å²) in [5.41, 5.74) is -1.05. The van der Waals surface area contributed by atoms with E-state index >= 15 is 0 Å². The number of aliphatic hydroxyl groups is 2. The van der Waals surface area contributed by atoms with Gasteiger partial charge < -0.3 is 15.3 Å². The topological polar surface area (TPSA) is 90.2 Å². The maximum Gasteiger partial charge on any atom is 0.309 e. The molecule has 1 aromatic carbocycles. The number of carboxylic acids is 1. The molecule has 2 fully saturated rings. The van der Waals surface area contributed by atoms with E-state index in [9.17, 15) is 20.1 Å². The van der Waals surface area contributed by atoms with E-state index in [0.29, 0.717) is 25.7 Å². The molecule has 3 N–H and O–H groups in total. The van der Waals surface area contributed by atoms with Gasteiger partial charge in [-0.2, -0.15) is 5.06 Å². The van der Waals surface area contributed by atoms with Gasteiger partial charge in [-0.3, -0.25) is 9.63 Å². The molecule has 4 aliphatic rings. The van der Waals surface area contributed by atoms with Gasteiger partial charge in [0.25, 0.3) is 0 Å². The highest BCUT2D eigenvalue weighted by Crippen LogP contribution is 2.65. The molecule has 0 aromatic heterocycles. The normalized spacial score (nSPS) is 40.1. The van der Waals surface area contributed by atoms with Crippen LogP contribution in [0.4, 0.5) is 0 Å². The van der Waals surface area contributed by atoms with Gasteiger partial charge in [0.1, 0.15) is 11.7 Å². The Morgan fingerprint density at radius 2 is 1.58 bits per heavy atom. The van der Waals surface area contributed by atoms with Crippen LogP contribution in [0.2, 0.25) is 0 Å². The van der Waals surface area contributed by atoms with Crippen molar-refractivity contribution in [2.45, 2.75) is 122 Å². The quantitative estimate of drug-likeness (QED) is 0.423. The van der Waals surface area contributed by atoms with Gasteiger partial charge in [-0.15, -0.1) is 0 Å². The Labute approximate surface area is 228 Å². The van der Waals surface area contributed by atoms with E-state index in [2.05, 4.69) is 63.9 Å². The number of rotatable bonds is 4. The van der Waals surface area contributed by atoms with Crippen molar-refractivity contribution in [1.82, 2.24) is 5.06 Å². The van der Waals surface area contributed by atoms with Crippen molar-refractivity contribution in [1.29, 1.82) is 0 Å². The number of nitrogens with zero attached hydrogens (tertiary/aromatic N) is 1. The zero-order chi connectivity index (χ0) is 28.1. The van der Waals surface area contributed by atoms with E-state index in [1.54, 1.807) is 13.8 Å². The lowest BCUT2D eigenvalue weighted by Crippen LogP contribution is -2.61. The third kappa shape index (κ3) is 3.70. The first-order valence-electron chi connectivity index (χ1n) is 14.4. The summed E-state index contributed by atoms with van der Waals surface area (Å²) in [6.07, 6.45) is 5.71. The number of hydrogen-bond donors (Lipinski definition) is 3. The highest BCUT2D eigenvalue weighted by atomic mass is 16.7. The standard InChI is InChI=1S/C32H47NO5/c1-27(2)22-12-9-10-13-23(22)28(3,4)33(27)38-24-18-25-30(7,15-11-16-31(25,8)26(34)35)21-14-17-32(37,19-20(21)24)29(5,6)36/h9-10,12-13,19,21,24-25,36-37H,11,14-18H2,1-8H3,(H,34,35)/t21-,24+,25+,30+,31+,32+/m0/s1. The van der Waals surface area contributed by atoms with E-state index in [4.69, 9.17) is 4.84 Å². The molecule has 3 aliphatic carbocycles. The molecule has 0 radical (unpaired) electrons. The van der Waals surface area contributed by atoms with Crippen LogP contribution < -0.4 is 0 Å². The summed E-state index contributed by atoms with van der Waals surface area (Å²) in [7, 11) is 0. The number of hydrogen-bond acceptors (Lipinski definition) is 5. The molecule has 0 amide bonds. The highest BCUT2D eigenvalue weighted by Gasteiger charge is 2.63. The maximum atomic E-state index is 12.7. The van der Waals surface area contributed by atoms with Crippen LogP contribution >= 0.6 is 0 Å². The second kappa shape index (κ2) is 8.39. The van der Waals surface area contributed by atoms with Crippen molar-refractivity contribution >= 4 is 5.97 Å². The first-order valence-corrected chi connectivity index (χ1v) is 14.4. The second-order valence-corrected chi connectivity index (χ2v) is 14.6. The van der Waals surface area contributed by atoms with E-state index in [-0.39, 0.29) is 17.3 Å². The van der Waals surface area contributed by atoms with Crippen LogP contribution in [0.25, 0.3) is 0 Å². The molecule has 6 heteroatoms. The van der Waals surface area contributed by atoms with Crippen molar-refractivity contribution in [3.8, 4) is 0 Å². The number of aliphatic carboxylic acids is 1. The van der Waals surface area contributed by atoms with Crippen molar-refractivity contribution < 1.29 is 25.0 Å². The van der Waals surface area contributed by atoms with Gasteiger partial charge in [0.05, 0.1) is 22.1 Å². The summed E-state index contributed by atoms with van der Waals surface area (Å²) in [4.78, 5) is 19.8. The number of carbonyl (C=O) groups is 1. The van der Waals surface area contributed by atoms with Crippen molar-refractivity contribution in [2.24, 2.45) is 22.7 Å². The second-order valence-electron chi connectivity index (χ2n) is 14.6. The molecule has 0 unspecified atom stereocenters. The largest absolute Gasteiger partial charge is 0.481 e. The molecule has 210 valence electrons. The molecule has 5 rings (SSSR count). The Kier molecular flexibility index (Phi) is 6.14. The van der Waals surface area contributed by atoms with E-state index in [1.807, 2.05) is 13.0 Å².